The van der Waals surface area contributed by atoms with Crippen molar-refractivity contribution in [3.05, 3.63) is 53.7 Å². The summed E-state index contributed by atoms with van der Waals surface area (Å²) in [5.41, 5.74) is 9.39. The summed E-state index contributed by atoms with van der Waals surface area (Å²) >= 11 is 0. The fraction of sp³-hybridized carbons (Fsp3) is 0.267. The van der Waals surface area contributed by atoms with Crippen LogP contribution in [-0.2, 0) is 0 Å². The second-order valence-corrected chi connectivity index (χ2v) is 4.98. The monoisotopic (exact) mass is 239 g/mol. The quantitative estimate of drug-likeness (QED) is 0.865. The second-order valence-electron chi connectivity index (χ2n) is 4.98. The molecule has 92 valence electrons. The first kappa shape index (κ1) is 11.2. The minimum absolute atomic E-state index is 0.336. The lowest BCUT2D eigenvalue weighted by Gasteiger charge is -2.07. The van der Waals surface area contributed by atoms with Crippen molar-refractivity contribution in [2.24, 2.45) is 5.73 Å². The zero-order chi connectivity index (χ0) is 12.5. The van der Waals surface area contributed by atoms with E-state index in [4.69, 9.17) is 5.73 Å². The summed E-state index contributed by atoms with van der Waals surface area (Å²) in [6.07, 6.45) is 3.02. The Bertz CT molecular complexity index is 548. The molecule has 3 rings (SSSR count). The largest absolute Gasteiger partial charge is 0.340 e. The number of benzene rings is 1. The van der Waals surface area contributed by atoms with Crippen LogP contribution in [0.15, 0.2) is 42.6 Å². The smallest absolute Gasteiger partial charge is 0.130 e. The highest BCUT2D eigenvalue weighted by Crippen LogP contribution is 2.38. The van der Waals surface area contributed by atoms with Gasteiger partial charge in [-0.05, 0) is 42.7 Å². The maximum absolute atomic E-state index is 5.83. The van der Waals surface area contributed by atoms with Gasteiger partial charge in [-0.1, -0.05) is 18.2 Å². The molecule has 1 heterocycles. The predicted molar refractivity (Wildman–Crippen MR) is 74.0 cm³/mol. The number of nitrogens with one attached hydrogen (secondary N) is 1. The molecule has 0 radical (unpaired) electrons. The van der Waals surface area contributed by atoms with Gasteiger partial charge >= 0.3 is 0 Å². The highest BCUT2D eigenvalue weighted by molar-refractivity contribution is 5.57. The summed E-state index contributed by atoms with van der Waals surface area (Å²) < 4.78 is 0. The number of nitrogens with zero attached hydrogens (tertiary/aromatic N) is 1. The van der Waals surface area contributed by atoms with Crippen molar-refractivity contribution in [2.75, 3.05) is 5.32 Å². The Kier molecular flexibility index (Phi) is 2.76. The zero-order valence-corrected chi connectivity index (χ0v) is 10.4. The zero-order valence-electron chi connectivity index (χ0n) is 10.4. The minimum atomic E-state index is 0.336. The number of aryl methyl sites for hydroxylation is 1. The number of anilines is 2. The Hall–Kier alpha value is -1.87. The SMILES string of the molecule is Cc1cccc(Nc2ccc(C3CC3N)cn2)c1. The van der Waals surface area contributed by atoms with Crippen LogP contribution < -0.4 is 11.1 Å². The van der Waals surface area contributed by atoms with E-state index in [1.54, 1.807) is 0 Å². The summed E-state index contributed by atoms with van der Waals surface area (Å²) in [6.45, 7) is 2.08. The van der Waals surface area contributed by atoms with Gasteiger partial charge in [0.05, 0.1) is 0 Å². The molecule has 0 aliphatic heterocycles. The number of nitrogens with two attached hydrogens (primary N) is 1. The fourth-order valence-corrected chi connectivity index (χ4v) is 2.17. The van der Waals surface area contributed by atoms with Crippen LogP contribution in [0.25, 0.3) is 0 Å². The van der Waals surface area contributed by atoms with Crippen LogP contribution >= 0.6 is 0 Å². The summed E-state index contributed by atoms with van der Waals surface area (Å²) in [6, 6.07) is 12.7. The van der Waals surface area contributed by atoms with Gasteiger partial charge in [0.2, 0.25) is 0 Å². The Morgan fingerprint density at radius 3 is 2.72 bits per heavy atom. The number of rotatable bonds is 3. The van der Waals surface area contributed by atoms with Crippen molar-refractivity contribution in [1.29, 1.82) is 0 Å². The molecule has 1 saturated carbocycles. The van der Waals surface area contributed by atoms with Crippen molar-refractivity contribution in [3.63, 3.8) is 0 Å². The third kappa shape index (κ3) is 2.36. The lowest BCUT2D eigenvalue weighted by atomic mass is 10.2. The van der Waals surface area contributed by atoms with E-state index < -0.39 is 0 Å². The molecule has 3 N–H and O–H groups in total. The van der Waals surface area contributed by atoms with Crippen LogP contribution in [0.1, 0.15) is 23.5 Å². The van der Waals surface area contributed by atoms with Gasteiger partial charge in [-0.3, -0.25) is 0 Å². The minimum Gasteiger partial charge on any atom is -0.340 e. The van der Waals surface area contributed by atoms with Gasteiger partial charge in [0.1, 0.15) is 5.82 Å². The van der Waals surface area contributed by atoms with Gasteiger partial charge in [0, 0.05) is 23.8 Å². The normalized spacial score (nSPS) is 21.7. The van der Waals surface area contributed by atoms with E-state index >= 15 is 0 Å². The highest BCUT2D eigenvalue weighted by Gasteiger charge is 2.34. The maximum atomic E-state index is 5.83. The lowest BCUT2D eigenvalue weighted by molar-refractivity contribution is 0.981. The van der Waals surface area contributed by atoms with E-state index in [9.17, 15) is 0 Å². The van der Waals surface area contributed by atoms with E-state index in [1.807, 2.05) is 24.4 Å². The van der Waals surface area contributed by atoms with E-state index in [-0.39, 0.29) is 0 Å². The Morgan fingerprint density at radius 1 is 1.28 bits per heavy atom. The predicted octanol–water partition coefficient (Wildman–Crippen LogP) is 2.95. The Balaban J connectivity index is 1.73. The Morgan fingerprint density at radius 2 is 2.11 bits per heavy atom. The first-order chi connectivity index (χ1) is 8.72. The molecule has 3 nitrogen and oxygen atoms in total. The van der Waals surface area contributed by atoms with Gasteiger partial charge in [-0.2, -0.15) is 0 Å². The molecule has 1 aliphatic rings. The van der Waals surface area contributed by atoms with Crippen molar-refractivity contribution in [1.82, 2.24) is 4.98 Å². The van der Waals surface area contributed by atoms with Gasteiger partial charge < -0.3 is 11.1 Å². The lowest BCUT2D eigenvalue weighted by Crippen LogP contribution is -2.01. The molecular weight excluding hydrogens is 222 g/mol. The molecule has 0 saturated heterocycles. The molecule has 0 bridgehead atoms. The van der Waals surface area contributed by atoms with Crippen LogP contribution in [0.5, 0.6) is 0 Å². The standard InChI is InChI=1S/C15H17N3/c1-10-3-2-4-12(7-10)18-15-6-5-11(9-17-15)13-8-14(13)16/h2-7,9,13-14H,8,16H2,1H3,(H,17,18). The van der Waals surface area contributed by atoms with Crippen molar-refractivity contribution >= 4 is 11.5 Å². The van der Waals surface area contributed by atoms with Crippen molar-refractivity contribution in [2.45, 2.75) is 25.3 Å². The second kappa shape index (κ2) is 4.42. The molecule has 1 aromatic carbocycles. The molecule has 18 heavy (non-hydrogen) atoms. The van der Waals surface area contributed by atoms with E-state index in [0.29, 0.717) is 12.0 Å². The first-order valence-corrected chi connectivity index (χ1v) is 6.27. The van der Waals surface area contributed by atoms with E-state index in [1.165, 1.54) is 11.1 Å². The van der Waals surface area contributed by atoms with Gasteiger partial charge in [0.25, 0.3) is 0 Å². The molecular formula is C15H17N3. The molecule has 2 unspecified atom stereocenters. The number of pyridine rings is 1. The van der Waals surface area contributed by atoms with E-state index in [2.05, 4.69) is 35.4 Å². The summed E-state index contributed by atoms with van der Waals surface area (Å²) in [5, 5.41) is 3.30. The number of aromatic nitrogens is 1. The van der Waals surface area contributed by atoms with Crippen molar-refractivity contribution in [3.8, 4) is 0 Å². The average molecular weight is 239 g/mol. The highest BCUT2D eigenvalue weighted by atomic mass is 15.0. The van der Waals surface area contributed by atoms with Crippen molar-refractivity contribution < 1.29 is 0 Å². The molecule has 1 aliphatic carbocycles. The molecule has 3 heteroatoms. The molecule has 1 aromatic heterocycles. The van der Waals surface area contributed by atoms with Gasteiger partial charge in [-0.15, -0.1) is 0 Å². The van der Waals surface area contributed by atoms with Gasteiger partial charge in [0.15, 0.2) is 0 Å². The third-order valence-corrected chi connectivity index (χ3v) is 3.34. The van der Waals surface area contributed by atoms with Crippen LogP contribution in [-0.4, -0.2) is 11.0 Å². The van der Waals surface area contributed by atoms with E-state index in [0.717, 1.165) is 17.9 Å². The molecule has 2 aromatic rings. The fourth-order valence-electron chi connectivity index (χ4n) is 2.17. The number of hydrogen-bond donors (Lipinski definition) is 2. The topological polar surface area (TPSA) is 50.9 Å². The number of hydrogen-bond acceptors (Lipinski definition) is 3. The third-order valence-electron chi connectivity index (χ3n) is 3.34. The Labute approximate surface area is 107 Å². The summed E-state index contributed by atoms with van der Waals surface area (Å²) in [7, 11) is 0. The molecule has 0 spiro atoms. The first-order valence-electron chi connectivity index (χ1n) is 6.27. The average Bonchev–Trinajstić information content (AvgIpc) is 3.07. The summed E-state index contributed by atoms with van der Waals surface area (Å²) in [5.74, 6) is 1.39. The molecule has 2 atom stereocenters. The van der Waals surface area contributed by atoms with Crippen LogP contribution in [0.4, 0.5) is 11.5 Å². The van der Waals surface area contributed by atoms with Crippen LogP contribution in [0.2, 0.25) is 0 Å². The maximum Gasteiger partial charge on any atom is 0.130 e. The molecule has 0 amide bonds. The molecule has 1 fully saturated rings. The van der Waals surface area contributed by atoms with Crippen LogP contribution in [0, 0.1) is 6.92 Å². The van der Waals surface area contributed by atoms with Crippen LogP contribution in [0.3, 0.4) is 0 Å². The van der Waals surface area contributed by atoms with Gasteiger partial charge in [-0.25, -0.2) is 4.98 Å². The summed E-state index contributed by atoms with van der Waals surface area (Å²) in [4.78, 5) is 4.43.